The van der Waals surface area contributed by atoms with Gasteiger partial charge in [0.15, 0.2) is 0 Å². The second kappa shape index (κ2) is 8.92. The molecule has 2 nitrogen and oxygen atoms in total. The third-order valence-corrected chi connectivity index (χ3v) is 2.88. The monoisotopic (exact) mass is 253 g/mol. The van der Waals surface area contributed by atoms with Crippen LogP contribution in [0.2, 0.25) is 0 Å². The molecule has 0 unspecified atom stereocenters. The van der Waals surface area contributed by atoms with Crippen molar-refractivity contribution in [2.45, 2.75) is 45.4 Å². The molecule has 3 heteroatoms. The van der Waals surface area contributed by atoms with Gasteiger partial charge in [-0.05, 0) is 37.1 Å². The maximum atomic E-state index is 13.3. The minimum Gasteiger partial charge on any atom is -0.493 e. The molecule has 0 aromatic heterocycles. The Balaban J connectivity index is 2.32. The standard InChI is InChI=1S/C15H24FNO/c1-2-3-4-5-6-9-18-15-11-13(7-8-17)10-14(16)12-15/h10-12H,2-9,17H2,1H3. The average Bonchev–Trinajstić information content (AvgIpc) is 2.33. The summed E-state index contributed by atoms with van der Waals surface area (Å²) in [5, 5.41) is 0. The molecule has 0 bridgehead atoms. The lowest BCUT2D eigenvalue weighted by atomic mass is 10.1. The van der Waals surface area contributed by atoms with Crippen molar-refractivity contribution in [2.75, 3.05) is 13.2 Å². The van der Waals surface area contributed by atoms with Crippen LogP contribution in [0, 0.1) is 5.82 Å². The highest BCUT2D eigenvalue weighted by Crippen LogP contribution is 2.17. The third kappa shape index (κ3) is 6.01. The second-order valence-electron chi connectivity index (χ2n) is 4.60. The number of rotatable bonds is 9. The number of hydrogen-bond acceptors (Lipinski definition) is 2. The summed E-state index contributed by atoms with van der Waals surface area (Å²) in [5.74, 6) is 0.371. The summed E-state index contributed by atoms with van der Waals surface area (Å²) in [6.45, 7) is 3.39. The van der Waals surface area contributed by atoms with Crippen molar-refractivity contribution in [3.63, 3.8) is 0 Å². The summed E-state index contributed by atoms with van der Waals surface area (Å²) in [4.78, 5) is 0. The van der Waals surface area contributed by atoms with Crippen molar-refractivity contribution in [2.24, 2.45) is 5.73 Å². The van der Waals surface area contributed by atoms with Gasteiger partial charge in [-0.2, -0.15) is 0 Å². The van der Waals surface area contributed by atoms with Gasteiger partial charge in [0.05, 0.1) is 6.61 Å². The topological polar surface area (TPSA) is 35.2 Å². The van der Waals surface area contributed by atoms with Crippen LogP contribution in [0.25, 0.3) is 0 Å². The van der Waals surface area contributed by atoms with E-state index in [0.717, 1.165) is 12.0 Å². The molecule has 1 aromatic carbocycles. The number of benzene rings is 1. The summed E-state index contributed by atoms with van der Waals surface area (Å²) in [5.41, 5.74) is 6.37. The summed E-state index contributed by atoms with van der Waals surface area (Å²) in [6.07, 6.45) is 6.67. The van der Waals surface area contributed by atoms with Crippen molar-refractivity contribution in [1.82, 2.24) is 0 Å². The fourth-order valence-corrected chi connectivity index (χ4v) is 1.91. The average molecular weight is 253 g/mol. The van der Waals surface area contributed by atoms with E-state index in [1.54, 1.807) is 0 Å². The Morgan fingerprint density at radius 2 is 1.89 bits per heavy atom. The first-order valence-electron chi connectivity index (χ1n) is 6.88. The minimum atomic E-state index is -0.248. The summed E-state index contributed by atoms with van der Waals surface area (Å²) in [6, 6.07) is 4.83. The molecular weight excluding hydrogens is 229 g/mol. The SMILES string of the molecule is CCCCCCCOc1cc(F)cc(CCN)c1. The Hall–Kier alpha value is -1.09. The number of ether oxygens (including phenoxy) is 1. The molecule has 0 radical (unpaired) electrons. The predicted molar refractivity (Wildman–Crippen MR) is 73.4 cm³/mol. The maximum Gasteiger partial charge on any atom is 0.127 e. The number of unbranched alkanes of at least 4 members (excludes halogenated alkanes) is 4. The second-order valence-corrected chi connectivity index (χ2v) is 4.60. The van der Waals surface area contributed by atoms with Gasteiger partial charge in [0.2, 0.25) is 0 Å². The van der Waals surface area contributed by atoms with Crippen molar-refractivity contribution < 1.29 is 9.13 Å². The number of halogens is 1. The third-order valence-electron chi connectivity index (χ3n) is 2.88. The van der Waals surface area contributed by atoms with E-state index in [0.29, 0.717) is 25.3 Å². The zero-order valence-electron chi connectivity index (χ0n) is 11.3. The summed E-state index contributed by atoms with van der Waals surface area (Å²) >= 11 is 0. The van der Waals surface area contributed by atoms with Gasteiger partial charge in [-0.3, -0.25) is 0 Å². The number of hydrogen-bond donors (Lipinski definition) is 1. The van der Waals surface area contributed by atoms with E-state index in [-0.39, 0.29) is 5.82 Å². The highest BCUT2D eigenvalue weighted by atomic mass is 19.1. The zero-order chi connectivity index (χ0) is 13.2. The summed E-state index contributed by atoms with van der Waals surface area (Å²) < 4.78 is 18.9. The van der Waals surface area contributed by atoms with Crippen LogP contribution in [0.15, 0.2) is 18.2 Å². The molecule has 0 saturated carbocycles. The van der Waals surface area contributed by atoms with Crippen LogP contribution in [0.1, 0.15) is 44.6 Å². The van der Waals surface area contributed by atoms with Gasteiger partial charge in [-0.25, -0.2) is 4.39 Å². The lowest BCUT2D eigenvalue weighted by Crippen LogP contribution is -2.04. The first-order chi connectivity index (χ1) is 8.76. The smallest absolute Gasteiger partial charge is 0.127 e. The van der Waals surface area contributed by atoms with Crippen molar-refractivity contribution >= 4 is 0 Å². The lowest BCUT2D eigenvalue weighted by Gasteiger charge is -2.08. The highest BCUT2D eigenvalue weighted by molar-refractivity contribution is 5.29. The van der Waals surface area contributed by atoms with Crippen LogP contribution in [-0.2, 0) is 6.42 Å². The van der Waals surface area contributed by atoms with Gasteiger partial charge in [0.1, 0.15) is 11.6 Å². The molecule has 1 rings (SSSR count). The van der Waals surface area contributed by atoms with Gasteiger partial charge in [0, 0.05) is 6.07 Å². The van der Waals surface area contributed by atoms with Crippen molar-refractivity contribution in [1.29, 1.82) is 0 Å². The van der Waals surface area contributed by atoms with Gasteiger partial charge in [-0.15, -0.1) is 0 Å². The molecule has 0 heterocycles. The van der Waals surface area contributed by atoms with Gasteiger partial charge in [0.25, 0.3) is 0 Å². The number of nitrogens with two attached hydrogens (primary N) is 1. The largest absolute Gasteiger partial charge is 0.493 e. The quantitative estimate of drug-likeness (QED) is 0.681. The lowest BCUT2D eigenvalue weighted by molar-refractivity contribution is 0.303. The van der Waals surface area contributed by atoms with Crippen LogP contribution in [0.3, 0.4) is 0 Å². The van der Waals surface area contributed by atoms with E-state index in [1.807, 2.05) is 6.07 Å². The van der Waals surface area contributed by atoms with Crippen LogP contribution < -0.4 is 10.5 Å². The Labute approximate surface area is 109 Å². The van der Waals surface area contributed by atoms with E-state index in [9.17, 15) is 4.39 Å². The molecule has 2 N–H and O–H groups in total. The molecule has 0 aliphatic rings. The fourth-order valence-electron chi connectivity index (χ4n) is 1.91. The molecule has 1 aromatic rings. The van der Waals surface area contributed by atoms with Crippen molar-refractivity contribution in [3.8, 4) is 5.75 Å². The Morgan fingerprint density at radius 1 is 1.11 bits per heavy atom. The fraction of sp³-hybridized carbons (Fsp3) is 0.600. The molecule has 0 aliphatic carbocycles. The summed E-state index contributed by atoms with van der Waals surface area (Å²) in [7, 11) is 0. The molecule has 0 atom stereocenters. The molecule has 0 amide bonds. The van der Waals surface area contributed by atoms with E-state index in [2.05, 4.69) is 6.92 Å². The first-order valence-corrected chi connectivity index (χ1v) is 6.88. The van der Waals surface area contributed by atoms with Crippen LogP contribution in [0.5, 0.6) is 5.75 Å². The minimum absolute atomic E-state index is 0.248. The predicted octanol–water partition coefficient (Wildman–Crippen LogP) is 3.68. The van der Waals surface area contributed by atoms with E-state index in [4.69, 9.17) is 10.5 Å². The van der Waals surface area contributed by atoms with Gasteiger partial charge < -0.3 is 10.5 Å². The maximum absolute atomic E-state index is 13.3. The molecule has 0 fully saturated rings. The van der Waals surface area contributed by atoms with E-state index < -0.39 is 0 Å². The van der Waals surface area contributed by atoms with E-state index >= 15 is 0 Å². The Kier molecular flexibility index (Phi) is 7.42. The zero-order valence-corrected chi connectivity index (χ0v) is 11.3. The Morgan fingerprint density at radius 3 is 2.61 bits per heavy atom. The molecule has 18 heavy (non-hydrogen) atoms. The van der Waals surface area contributed by atoms with Crippen LogP contribution in [0.4, 0.5) is 4.39 Å². The molecule has 0 aliphatic heterocycles. The van der Waals surface area contributed by atoms with Crippen LogP contribution in [-0.4, -0.2) is 13.2 Å². The Bertz CT molecular complexity index is 341. The van der Waals surface area contributed by atoms with Crippen LogP contribution >= 0.6 is 0 Å². The van der Waals surface area contributed by atoms with E-state index in [1.165, 1.54) is 37.8 Å². The van der Waals surface area contributed by atoms with Crippen molar-refractivity contribution in [3.05, 3.63) is 29.6 Å². The molecule has 0 spiro atoms. The normalized spacial score (nSPS) is 10.6. The molecule has 0 saturated heterocycles. The van der Waals surface area contributed by atoms with Gasteiger partial charge >= 0.3 is 0 Å². The molecular formula is C15H24FNO. The highest BCUT2D eigenvalue weighted by Gasteiger charge is 2.01. The van der Waals surface area contributed by atoms with Gasteiger partial charge in [-0.1, -0.05) is 32.6 Å². The molecule has 102 valence electrons. The first kappa shape index (κ1) is 15.0.